The molecule has 0 fully saturated rings. The van der Waals surface area contributed by atoms with E-state index in [9.17, 15) is 9.18 Å². The zero-order valence-corrected chi connectivity index (χ0v) is 11.9. The van der Waals surface area contributed by atoms with Gasteiger partial charge in [0.25, 0.3) is 0 Å². The number of rotatable bonds is 5. The molecule has 1 heterocycles. The first-order valence-electron chi connectivity index (χ1n) is 6.61. The Balaban J connectivity index is 2.21. The second-order valence-corrected chi connectivity index (χ2v) is 4.69. The molecule has 4 nitrogen and oxygen atoms in total. The molecule has 0 saturated heterocycles. The van der Waals surface area contributed by atoms with Crippen LogP contribution in [0, 0.1) is 5.82 Å². The molecule has 110 valence electrons. The van der Waals surface area contributed by atoms with Crippen LogP contribution in [-0.4, -0.2) is 18.1 Å². The van der Waals surface area contributed by atoms with Gasteiger partial charge in [0.15, 0.2) is 0 Å². The molecule has 0 spiro atoms. The van der Waals surface area contributed by atoms with Crippen molar-refractivity contribution < 1.29 is 13.9 Å². The number of methoxy groups -OCH3 is 1. The van der Waals surface area contributed by atoms with E-state index in [0.29, 0.717) is 5.56 Å². The molecule has 2 aromatic rings. The van der Waals surface area contributed by atoms with Crippen LogP contribution in [0.1, 0.15) is 30.1 Å². The van der Waals surface area contributed by atoms with E-state index in [2.05, 4.69) is 10.3 Å². The zero-order valence-electron chi connectivity index (χ0n) is 11.9. The number of nitrogens with zero attached hydrogens (tertiary/aromatic N) is 1. The zero-order chi connectivity index (χ0) is 15.2. The van der Waals surface area contributed by atoms with Gasteiger partial charge in [0.1, 0.15) is 11.9 Å². The highest BCUT2D eigenvalue weighted by atomic mass is 19.1. The van der Waals surface area contributed by atoms with E-state index in [-0.39, 0.29) is 6.04 Å². The number of hydrogen-bond acceptors (Lipinski definition) is 4. The molecule has 2 rings (SSSR count). The lowest BCUT2D eigenvalue weighted by Crippen LogP contribution is -2.31. The van der Waals surface area contributed by atoms with E-state index >= 15 is 0 Å². The van der Waals surface area contributed by atoms with Gasteiger partial charge in [-0.05, 0) is 24.1 Å². The molecule has 0 aliphatic carbocycles. The van der Waals surface area contributed by atoms with Gasteiger partial charge in [0.2, 0.25) is 0 Å². The maximum Gasteiger partial charge on any atom is 0.327 e. The third kappa shape index (κ3) is 3.86. The summed E-state index contributed by atoms with van der Waals surface area (Å²) in [7, 11) is 1.34. The predicted octanol–water partition coefficient (Wildman–Crippen LogP) is 2.79. The molecule has 0 saturated carbocycles. The number of halogens is 1. The van der Waals surface area contributed by atoms with Gasteiger partial charge in [0.05, 0.1) is 13.3 Å². The van der Waals surface area contributed by atoms with E-state index in [1.54, 1.807) is 6.20 Å². The van der Waals surface area contributed by atoms with Crippen molar-refractivity contribution in [3.05, 3.63) is 65.7 Å². The Hall–Kier alpha value is -2.27. The Bertz CT molecular complexity index is 604. The van der Waals surface area contributed by atoms with Crippen LogP contribution in [0.25, 0.3) is 0 Å². The second kappa shape index (κ2) is 6.95. The fourth-order valence-corrected chi connectivity index (χ4v) is 2.08. The van der Waals surface area contributed by atoms with Gasteiger partial charge in [0, 0.05) is 12.2 Å². The van der Waals surface area contributed by atoms with E-state index in [1.165, 1.54) is 13.2 Å². The van der Waals surface area contributed by atoms with Gasteiger partial charge in [-0.3, -0.25) is 10.3 Å². The fraction of sp³-hybridized carbons (Fsp3) is 0.250. The summed E-state index contributed by atoms with van der Waals surface area (Å²) in [6.45, 7) is 1.84. The molecule has 1 N–H and O–H groups in total. The molecule has 0 bridgehead atoms. The molecule has 0 aliphatic rings. The first kappa shape index (κ1) is 15.1. The van der Waals surface area contributed by atoms with Gasteiger partial charge in [-0.25, -0.2) is 9.18 Å². The van der Waals surface area contributed by atoms with Crippen molar-refractivity contribution in [1.29, 1.82) is 0 Å². The van der Waals surface area contributed by atoms with E-state index < -0.39 is 17.8 Å². The average Bonchev–Trinajstić information content (AvgIpc) is 2.52. The van der Waals surface area contributed by atoms with Crippen molar-refractivity contribution in [3.63, 3.8) is 0 Å². The highest BCUT2D eigenvalue weighted by Crippen LogP contribution is 2.20. The molecule has 5 heteroatoms. The molecule has 0 aliphatic heterocycles. The molecule has 2 unspecified atom stereocenters. The number of nitrogens with one attached hydrogen (secondary N) is 1. The van der Waals surface area contributed by atoms with Crippen molar-refractivity contribution in [1.82, 2.24) is 10.3 Å². The summed E-state index contributed by atoms with van der Waals surface area (Å²) in [4.78, 5) is 15.8. The van der Waals surface area contributed by atoms with Crippen LogP contribution in [-0.2, 0) is 9.53 Å². The largest absolute Gasteiger partial charge is 0.468 e. The average molecular weight is 288 g/mol. The summed E-state index contributed by atoms with van der Waals surface area (Å²) in [5.74, 6) is -0.798. The highest BCUT2D eigenvalue weighted by Gasteiger charge is 2.23. The second-order valence-electron chi connectivity index (χ2n) is 4.69. The smallest absolute Gasteiger partial charge is 0.327 e. The van der Waals surface area contributed by atoms with Crippen molar-refractivity contribution >= 4 is 5.97 Å². The molecule has 0 radical (unpaired) electrons. The Morgan fingerprint density at radius 2 is 1.95 bits per heavy atom. The van der Waals surface area contributed by atoms with Crippen LogP contribution in [0.2, 0.25) is 0 Å². The first-order valence-corrected chi connectivity index (χ1v) is 6.61. The van der Waals surface area contributed by atoms with Gasteiger partial charge in [-0.1, -0.05) is 30.3 Å². The molecule has 1 aromatic carbocycles. The van der Waals surface area contributed by atoms with Crippen LogP contribution in [0.5, 0.6) is 0 Å². The van der Waals surface area contributed by atoms with Crippen LogP contribution in [0.3, 0.4) is 0 Å². The topological polar surface area (TPSA) is 51.2 Å². The maximum absolute atomic E-state index is 13.2. The van der Waals surface area contributed by atoms with Crippen molar-refractivity contribution in [2.75, 3.05) is 7.11 Å². The number of carbonyl (C=O) groups excluding carboxylic acids is 1. The highest BCUT2D eigenvalue weighted by molar-refractivity contribution is 5.77. The molecular formula is C16H17FN2O2. The van der Waals surface area contributed by atoms with E-state index in [4.69, 9.17) is 4.74 Å². The SMILES string of the molecule is COC(=O)C(NC(C)c1cncc(F)c1)c1ccccc1. The van der Waals surface area contributed by atoms with Crippen molar-refractivity contribution in [2.24, 2.45) is 0 Å². The Labute approximate surface area is 123 Å². The predicted molar refractivity (Wildman–Crippen MR) is 76.9 cm³/mol. The van der Waals surface area contributed by atoms with Crippen LogP contribution < -0.4 is 5.32 Å². The minimum atomic E-state index is -0.616. The maximum atomic E-state index is 13.2. The third-order valence-corrected chi connectivity index (χ3v) is 3.21. The summed E-state index contributed by atoms with van der Waals surface area (Å²) >= 11 is 0. The Morgan fingerprint density at radius 1 is 1.24 bits per heavy atom. The molecule has 21 heavy (non-hydrogen) atoms. The first-order chi connectivity index (χ1) is 10.1. The lowest BCUT2D eigenvalue weighted by atomic mass is 10.0. The summed E-state index contributed by atoms with van der Waals surface area (Å²) in [5, 5.41) is 3.15. The van der Waals surface area contributed by atoms with Gasteiger partial charge in [-0.2, -0.15) is 0 Å². The normalized spacial score (nSPS) is 13.5. The number of esters is 1. The quantitative estimate of drug-likeness (QED) is 0.860. The minimum absolute atomic E-state index is 0.252. The third-order valence-electron chi connectivity index (χ3n) is 3.21. The standard InChI is InChI=1S/C16H17FN2O2/c1-11(13-8-14(17)10-18-9-13)19-15(16(20)21-2)12-6-4-3-5-7-12/h3-11,15,19H,1-2H3. The van der Waals surface area contributed by atoms with Gasteiger partial charge in [-0.15, -0.1) is 0 Å². The number of hydrogen-bond donors (Lipinski definition) is 1. The van der Waals surface area contributed by atoms with Gasteiger partial charge >= 0.3 is 5.97 Å². The lowest BCUT2D eigenvalue weighted by Gasteiger charge is -2.22. The number of pyridine rings is 1. The number of ether oxygens (including phenoxy) is 1. The summed E-state index contributed by atoms with van der Waals surface area (Å²) in [6, 6.07) is 9.77. The summed E-state index contributed by atoms with van der Waals surface area (Å²) in [6.07, 6.45) is 2.71. The minimum Gasteiger partial charge on any atom is -0.468 e. The number of benzene rings is 1. The van der Waals surface area contributed by atoms with Crippen molar-refractivity contribution in [2.45, 2.75) is 19.0 Å². The van der Waals surface area contributed by atoms with Crippen LogP contribution in [0.4, 0.5) is 4.39 Å². The monoisotopic (exact) mass is 288 g/mol. The number of aromatic nitrogens is 1. The van der Waals surface area contributed by atoms with Crippen LogP contribution >= 0.6 is 0 Å². The molecule has 2 atom stereocenters. The van der Waals surface area contributed by atoms with Gasteiger partial charge < -0.3 is 4.74 Å². The molecule has 1 aromatic heterocycles. The summed E-state index contributed by atoms with van der Waals surface area (Å²) < 4.78 is 18.1. The van der Waals surface area contributed by atoms with Crippen LogP contribution in [0.15, 0.2) is 48.8 Å². The Morgan fingerprint density at radius 3 is 2.57 bits per heavy atom. The van der Waals surface area contributed by atoms with E-state index in [0.717, 1.165) is 11.8 Å². The lowest BCUT2D eigenvalue weighted by molar-refractivity contribution is -0.143. The van der Waals surface area contributed by atoms with E-state index in [1.807, 2.05) is 37.3 Å². The Kier molecular flexibility index (Phi) is 5.00. The molecular weight excluding hydrogens is 271 g/mol. The molecule has 0 amide bonds. The fourth-order valence-electron chi connectivity index (χ4n) is 2.08. The number of carbonyl (C=O) groups is 1. The summed E-state index contributed by atoms with van der Waals surface area (Å²) in [5.41, 5.74) is 1.46. The van der Waals surface area contributed by atoms with Crippen molar-refractivity contribution in [3.8, 4) is 0 Å².